The number of imidazole rings is 1. The summed E-state index contributed by atoms with van der Waals surface area (Å²) in [5.74, 6) is -0.00837. The quantitative estimate of drug-likeness (QED) is 0.557. The van der Waals surface area contributed by atoms with Crippen LogP contribution in [-0.4, -0.2) is 50.4 Å². The van der Waals surface area contributed by atoms with Crippen LogP contribution in [0.2, 0.25) is 0 Å². The van der Waals surface area contributed by atoms with Gasteiger partial charge in [-0.1, -0.05) is 30.3 Å². The van der Waals surface area contributed by atoms with Gasteiger partial charge in [-0.25, -0.2) is 19.3 Å². The van der Waals surface area contributed by atoms with Crippen molar-refractivity contribution < 1.29 is 4.39 Å². The molecule has 1 saturated heterocycles. The van der Waals surface area contributed by atoms with Crippen molar-refractivity contribution in [1.82, 2.24) is 24.3 Å². The third-order valence-corrected chi connectivity index (χ3v) is 5.65. The number of hydrogen-bond acceptors (Lipinski definition) is 5. The zero-order chi connectivity index (χ0) is 20.5. The van der Waals surface area contributed by atoms with Crippen LogP contribution in [0.1, 0.15) is 12.8 Å². The molecule has 0 radical (unpaired) electrons. The Bertz CT molecular complexity index is 1170. The molecule has 7 heteroatoms. The predicted octanol–water partition coefficient (Wildman–Crippen LogP) is 4.10. The topological polar surface area (TPSA) is 58.3 Å². The summed E-state index contributed by atoms with van der Waals surface area (Å²) < 4.78 is 16.6. The van der Waals surface area contributed by atoms with E-state index in [9.17, 15) is 4.39 Å². The summed E-state index contributed by atoms with van der Waals surface area (Å²) in [6, 6.07) is 14.3. The molecule has 0 amide bonds. The van der Waals surface area contributed by atoms with Gasteiger partial charge in [0.25, 0.3) is 0 Å². The Morgan fingerprint density at radius 1 is 0.967 bits per heavy atom. The minimum absolute atomic E-state index is 0.248. The molecule has 30 heavy (non-hydrogen) atoms. The third-order valence-electron chi connectivity index (χ3n) is 5.65. The summed E-state index contributed by atoms with van der Waals surface area (Å²) >= 11 is 0. The van der Waals surface area contributed by atoms with Crippen molar-refractivity contribution in [2.45, 2.75) is 18.9 Å². The van der Waals surface area contributed by atoms with Crippen molar-refractivity contribution in [2.24, 2.45) is 0 Å². The fourth-order valence-corrected chi connectivity index (χ4v) is 3.91. The molecule has 4 heterocycles. The molecule has 1 aromatic carbocycles. The molecule has 5 rings (SSSR count). The fraction of sp³-hybridized carbons (Fsp3) is 0.261. The molecular formula is C23H23FN6. The summed E-state index contributed by atoms with van der Waals surface area (Å²) in [6.07, 6.45) is 6.90. The summed E-state index contributed by atoms with van der Waals surface area (Å²) in [7, 11) is 2.12. The maximum Gasteiger partial charge on any atom is 0.223 e. The summed E-state index contributed by atoms with van der Waals surface area (Å²) in [6.45, 7) is 2.06. The zero-order valence-electron chi connectivity index (χ0n) is 16.8. The maximum absolute atomic E-state index is 14.7. The van der Waals surface area contributed by atoms with Crippen LogP contribution >= 0.6 is 0 Å². The van der Waals surface area contributed by atoms with E-state index in [2.05, 4.69) is 32.2 Å². The van der Waals surface area contributed by atoms with Gasteiger partial charge < -0.3 is 10.2 Å². The van der Waals surface area contributed by atoms with Crippen LogP contribution in [0.5, 0.6) is 0 Å². The number of halogens is 1. The number of anilines is 1. The van der Waals surface area contributed by atoms with Crippen molar-refractivity contribution >= 4 is 11.6 Å². The first kappa shape index (κ1) is 18.7. The van der Waals surface area contributed by atoms with E-state index >= 15 is 0 Å². The average molecular weight is 402 g/mol. The molecule has 0 spiro atoms. The van der Waals surface area contributed by atoms with Crippen LogP contribution in [0.4, 0.5) is 10.3 Å². The Morgan fingerprint density at radius 2 is 1.77 bits per heavy atom. The number of fused-ring (bicyclic) bond motifs is 1. The van der Waals surface area contributed by atoms with Crippen molar-refractivity contribution in [1.29, 1.82) is 0 Å². The van der Waals surface area contributed by atoms with E-state index in [0.29, 0.717) is 17.7 Å². The van der Waals surface area contributed by atoms with Crippen LogP contribution in [-0.2, 0) is 0 Å². The lowest BCUT2D eigenvalue weighted by atomic mass is 10.1. The van der Waals surface area contributed by atoms with Crippen LogP contribution in [0.3, 0.4) is 0 Å². The molecule has 0 aliphatic carbocycles. The lowest BCUT2D eigenvalue weighted by Crippen LogP contribution is -2.37. The van der Waals surface area contributed by atoms with E-state index in [4.69, 9.17) is 0 Å². The van der Waals surface area contributed by atoms with Crippen LogP contribution in [0, 0.1) is 5.82 Å². The second-order valence-corrected chi connectivity index (χ2v) is 7.77. The molecule has 0 atom stereocenters. The van der Waals surface area contributed by atoms with Crippen molar-refractivity contribution in [3.63, 3.8) is 0 Å². The number of likely N-dealkylation sites (tertiary alicyclic amines) is 1. The molecule has 1 fully saturated rings. The minimum Gasteiger partial charge on any atom is -0.351 e. The SMILES string of the molecule is CN1CCC(Nc2ncc(F)c(-c3cnc4ccc(-c5ccccc5)cn34)n2)CC1. The minimum atomic E-state index is -0.462. The highest BCUT2D eigenvalue weighted by Crippen LogP contribution is 2.26. The molecule has 0 bridgehead atoms. The van der Waals surface area contributed by atoms with Crippen molar-refractivity contribution in [3.05, 3.63) is 66.9 Å². The zero-order valence-corrected chi connectivity index (χ0v) is 16.8. The molecule has 6 nitrogen and oxygen atoms in total. The predicted molar refractivity (Wildman–Crippen MR) is 116 cm³/mol. The monoisotopic (exact) mass is 402 g/mol. The molecule has 152 valence electrons. The van der Waals surface area contributed by atoms with Gasteiger partial charge in [-0.15, -0.1) is 0 Å². The van der Waals surface area contributed by atoms with Gasteiger partial charge in [-0.2, -0.15) is 0 Å². The number of pyridine rings is 1. The van der Waals surface area contributed by atoms with E-state index in [1.165, 1.54) is 6.20 Å². The second-order valence-electron chi connectivity index (χ2n) is 7.77. The van der Waals surface area contributed by atoms with Crippen LogP contribution in [0.15, 0.2) is 61.1 Å². The summed E-state index contributed by atoms with van der Waals surface area (Å²) in [5, 5.41) is 3.37. The highest BCUT2D eigenvalue weighted by atomic mass is 19.1. The molecule has 1 aliphatic rings. The highest BCUT2D eigenvalue weighted by Gasteiger charge is 2.19. The number of hydrogen-bond donors (Lipinski definition) is 1. The van der Waals surface area contributed by atoms with Crippen LogP contribution < -0.4 is 5.32 Å². The van der Waals surface area contributed by atoms with Gasteiger partial charge in [0.2, 0.25) is 5.95 Å². The highest BCUT2D eigenvalue weighted by molar-refractivity contribution is 5.68. The summed E-state index contributed by atoms with van der Waals surface area (Å²) in [5.41, 5.74) is 3.72. The fourth-order valence-electron chi connectivity index (χ4n) is 3.91. The Hall–Kier alpha value is -3.32. The maximum atomic E-state index is 14.7. The lowest BCUT2D eigenvalue weighted by Gasteiger charge is -2.29. The van der Waals surface area contributed by atoms with Gasteiger partial charge in [-0.05, 0) is 56.2 Å². The van der Waals surface area contributed by atoms with E-state index in [1.807, 2.05) is 53.1 Å². The lowest BCUT2D eigenvalue weighted by molar-refractivity contribution is 0.263. The van der Waals surface area contributed by atoms with Crippen LogP contribution in [0.25, 0.3) is 28.2 Å². The Labute approximate surface area is 174 Å². The number of rotatable bonds is 4. The Morgan fingerprint density at radius 3 is 2.57 bits per heavy atom. The number of benzene rings is 1. The van der Waals surface area contributed by atoms with Crippen molar-refractivity contribution in [2.75, 3.05) is 25.5 Å². The molecule has 4 aromatic rings. The molecular weight excluding hydrogens is 379 g/mol. The summed E-state index contributed by atoms with van der Waals surface area (Å²) in [4.78, 5) is 15.4. The number of piperidine rings is 1. The van der Waals surface area contributed by atoms with Gasteiger partial charge in [0.05, 0.1) is 18.1 Å². The molecule has 1 aliphatic heterocycles. The normalized spacial score (nSPS) is 15.5. The Kier molecular flexibility index (Phi) is 4.88. The first-order valence-electron chi connectivity index (χ1n) is 10.2. The van der Waals surface area contributed by atoms with Gasteiger partial charge in [0.15, 0.2) is 5.82 Å². The number of aromatic nitrogens is 4. The number of nitrogens with zero attached hydrogens (tertiary/aromatic N) is 5. The largest absolute Gasteiger partial charge is 0.351 e. The van der Waals surface area contributed by atoms with E-state index < -0.39 is 5.82 Å². The first-order chi connectivity index (χ1) is 14.7. The molecule has 1 N–H and O–H groups in total. The van der Waals surface area contributed by atoms with E-state index in [1.54, 1.807) is 6.20 Å². The van der Waals surface area contributed by atoms with Gasteiger partial charge >= 0.3 is 0 Å². The van der Waals surface area contributed by atoms with E-state index in [0.717, 1.165) is 42.7 Å². The third kappa shape index (κ3) is 3.64. The second kappa shape index (κ2) is 7.84. The standard InChI is InChI=1S/C23H23FN6/c1-29-11-9-18(10-12-29)27-23-26-13-19(24)22(28-23)20-14-25-21-8-7-17(15-30(20)21)16-5-3-2-4-6-16/h2-8,13-15,18H,9-12H2,1H3,(H,26,27,28). The smallest absolute Gasteiger partial charge is 0.223 e. The Balaban J connectivity index is 1.50. The number of nitrogens with one attached hydrogen (secondary N) is 1. The molecule has 0 saturated carbocycles. The van der Waals surface area contributed by atoms with Gasteiger partial charge in [0.1, 0.15) is 11.3 Å². The molecule has 0 unspecified atom stereocenters. The average Bonchev–Trinajstić information content (AvgIpc) is 3.20. The van der Waals surface area contributed by atoms with Gasteiger partial charge in [-0.3, -0.25) is 4.40 Å². The van der Waals surface area contributed by atoms with Gasteiger partial charge in [0, 0.05) is 12.2 Å². The van der Waals surface area contributed by atoms with Crippen molar-refractivity contribution in [3.8, 4) is 22.5 Å². The van der Waals surface area contributed by atoms with E-state index in [-0.39, 0.29) is 5.69 Å². The molecule has 3 aromatic heterocycles. The first-order valence-corrected chi connectivity index (χ1v) is 10.2.